The number of anilines is 3. The van der Waals surface area contributed by atoms with Crippen molar-refractivity contribution >= 4 is 49.8 Å². The molecule has 0 aliphatic rings. The van der Waals surface area contributed by atoms with Crippen molar-refractivity contribution in [3.05, 3.63) is 91.1 Å². The predicted octanol–water partition coefficient (Wildman–Crippen LogP) is 4.03. The molecule has 0 bridgehead atoms. The van der Waals surface area contributed by atoms with Gasteiger partial charge in [-0.1, -0.05) is 36.4 Å². The maximum atomic E-state index is 13.6. The SMILES string of the molecule is CC(=O)Nc1ccc(NC(=O)CN(c2cccc3cccnc23)S(=O)(=O)c2ccccc2)cc1. The van der Waals surface area contributed by atoms with Crippen molar-refractivity contribution in [3.8, 4) is 0 Å². The van der Waals surface area contributed by atoms with E-state index in [0.29, 0.717) is 22.6 Å². The highest BCUT2D eigenvalue weighted by Crippen LogP contribution is 2.29. The molecule has 0 unspecified atom stereocenters. The fourth-order valence-corrected chi connectivity index (χ4v) is 4.93. The first-order chi connectivity index (χ1) is 16.3. The number of rotatable bonds is 7. The number of hydrogen-bond acceptors (Lipinski definition) is 5. The van der Waals surface area contributed by atoms with Crippen LogP contribution in [0, 0.1) is 0 Å². The van der Waals surface area contributed by atoms with E-state index >= 15 is 0 Å². The van der Waals surface area contributed by atoms with Crippen molar-refractivity contribution in [1.29, 1.82) is 0 Å². The number of para-hydroxylation sites is 1. The second kappa shape index (κ2) is 9.72. The Kier molecular flexibility index (Phi) is 6.55. The van der Waals surface area contributed by atoms with Crippen LogP contribution in [0.15, 0.2) is 96.0 Å². The minimum absolute atomic E-state index is 0.0652. The largest absolute Gasteiger partial charge is 0.326 e. The molecule has 34 heavy (non-hydrogen) atoms. The van der Waals surface area contributed by atoms with Gasteiger partial charge in [0.25, 0.3) is 10.0 Å². The number of aromatic nitrogens is 1. The molecule has 3 aromatic carbocycles. The number of sulfonamides is 1. The lowest BCUT2D eigenvalue weighted by Gasteiger charge is -2.25. The first kappa shape index (κ1) is 22.9. The summed E-state index contributed by atoms with van der Waals surface area (Å²) in [7, 11) is -4.07. The number of nitrogens with one attached hydrogen (secondary N) is 2. The highest BCUT2D eigenvalue weighted by Gasteiger charge is 2.28. The molecule has 0 aliphatic heterocycles. The maximum Gasteiger partial charge on any atom is 0.264 e. The fraction of sp³-hybridized carbons (Fsp3) is 0.0800. The number of carbonyl (C=O) groups excluding carboxylic acids is 2. The van der Waals surface area contributed by atoms with Gasteiger partial charge in [0, 0.05) is 29.9 Å². The number of hydrogen-bond donors (Lipinski definition) is 2. The first-order valence-corrected chi connectivity index (χ1v) is 11.9. The minimum Gasteiger partial charge on any atom is -0.326 e. The monoisotopic (exact) mass is 474 g/mol. The van der Waals surface area contributed by atoms with E-state index in [0.717, 1.165) is 9.69 Å². The van der Waals surface area contributed by atoms with Gasteiger partial charge in [-0.15, -0.1) is 0 Å². The molecule has 8 nitrogen and oxygen atoms in total. The third kappa shape index (κ3) is 5.05. The second-order valence-corrected chi connectivity index (χ2v) is 9.35. The van der Waals surface area contributed by atoms with Crippen LogP contribution in [0.2, 0.25) is 0 Å². The van der Waals surface area contributed by atoms with Crippen molar-refractivity contribution in [2.75, 3.05) is 21.5 Å². The summed E-state index contributed by atoms with van der Waals surface area (Å²) >= 11 is 0. The Balaban J connectivity index is 1.67. The number of pyridine rings is 1. The summed E-state index contributed by atoms with van der Waals surface area (Å²) in [6.07, 6.45) is 1.58. The van der Waals surface area contributed by atoms with Gasteiger partial charge in [-0.3, -0.25) is 18.9 Å². The summed E-state index contributed by atoms with van der Waals surface area (Å²) in [5, 5.41) is 6.12. The van der Waals surface area contributed by atoms with Crippen LogP contribution in [0.4, 0.5) is 17.1 Å². The fourth-order valence-electron chi connectivity index (χ4n) is 3.48. The Hall–Kier alpha value is -4.24. The van der Waals surface area contributed by atoms with Crippen LogP contribution in [0.3, 0.4) is 0 Å². The van der Waals surface area contributed by atoms with E-state index in [2.05, 4.69) is 15.6 Å². The zero-order valence-corrected chi connectivity index (χ0v) is 19.1. The lowest BCUT2D eigenvalue weighted by atomic mass is 10.2. The van der Waals surface area contributed by atoms with E-state index in [9.17, 15) is 18.0 Å². The van der Waals surface area contributed by atoms with Crippen molar-refractivity contribution in [2.45, 2.75) is 11.8 Å². The highest BCUT2D eigenvalue weighted by atomic mass is 32.2. The molecule has 0 saturated carbocycles. The number of carbonyl (C=O) groups is 2. The van der Waals surface area contributed by atoms with Crippen molar-refractivity contribution in [3.63, 3.8) is 0 Å². The maximum absolute atomic E-state index is 13.6. The summed E-state index contributed by atoms with van der Waals surface area (Å²) < 4.78 is 28.2. The molecule has 0 spiro atoms. The molecular weight excluding hydrogens is 452 g/mol. The molecule has 0 radical (unpaired) electrons. The van der Waals surface area contributed by atoms with Gasteiger partial charge < -0.3 is 10.6 Å². The van der Waals surface area contributed by atoms with Gasteiger partial charge in [0.15, 0.2) is 0 Å². The topological polar surface area (TPSA) is 108 Å². The van der Waals surface area contributed by atoms with E-state index < -0.39 is 22.5 Å². The molecule has 1 heterocycles. The van der Waals surface area contributed by atoms with Gasteiger partial charge in [-0.25, -0.2) is 8.42 Å². The van der Waals surface area contributed by atoms with Gasteiger partial charge in [0.1, 0.15) is 6.54 Å². The zero-order chi connectivity index (χ0) is 24.1. The Bertz CT molecular complexity index is 1430. The molecule has 9 heteroatoms. The van der Waals surface area contributed by atoms with Gasteiger partial charge in [0.2, 0.25) is 11.8 Å². The average molecular weight is 475 g/mol. The van der Waals surface area contributed by atoms with Crippen LogP contribution in [-0.4, -0.2) is 31.8 Å². The van der Waals surface area contributed by atoms with Gasteiger partial charge in [-0.2, -0.15) is 0 Å². The Labute approximate surface area is 197 Å². The molecule has 0 atom stereocenters. The summed E-state index contributed by atoms with van der Waals surface area (Å²) in [6.45, 7) is 0.944. The second-order valence-electron chi connectivity index (χ2n) is 7.48. The Morgan fingerprint density at radius 1 is 0.824 bits per heavy atom. The van der Waals surface area contributed by atoms with Crippen LogP contribution >= 0.6 is 0 Å². The summed E-state index contributed by atoms with van der Waals surface area (Å²) in [4.78, 5) is 28.6. The molecule has 1 aromatic heterocycles. The Morgan fingerprint density at radius 2 is 1.47 bits per heavy atom. The lowest BCUT2D eigenvalue weighted by molar-refractivity contribution is -0.115. The molecule has 0 saturated heterocycles. The normalized spacial score (nSPS) is 11.1. The molecule has 0 aliphatic carbocycles. The number of amides is 2. The standard InChI is InChI=1S/C25H22N4O4S/c1-18(30)27-20-12-14-21(15-13-20)28-24(31)17-29(34(32,33)22-9-3-2-4-10-22)23-11-5-7-19-8-6-16-26-25(19)23/h2-16H,17H2,1H3,(H,27,30)(H,28,31). The summed E-state index contributed by atoms with van der Waals surface area (Å²) in [5.41, 5.74) is 1.82. The van der Waals surface area contributed by atoms with Crippen molar-refractivity contribution in [1.82, 2.24) is 4.98 Å². The van der Waals surface area contributed by atoms with Gasteiger partial charge >= 0.3 is 0 Å². The van der Waals surface area contributed by atoms with Crippen LogP contribution in [-0.2, 0) is 19.6 Å². The van der Waals surface area contributed by atoms with E-state index in [-0.39, 0.29) is 10.8 Å². The summed E-state index contributed by atoms with van der Waals surface area (Å²) in [6, 6.07) is 23.3. The number of nitrogens with zero attached hydrogens (tertiary/aromatic N) is 2. The van der Waals surface area contributed by atoms with Crippen LogP contribution in [0.5, 0.6) is 0 Å². The van der Waals surface area contributed by atoms with Crippen LogP contribution < -0.4 is 14.9 Å². The third-order valence-corrected chi connectivity index (χ3v) is 6.76. The summed E-state index contributed by atoms with van der Waals surface area (Å²) in [5.74, 6) is -0.734. The average Bonchev–Trinajstić information content (AvgIpc) is 2.84. The zero-order valence-electron chi connectivity index (χ0n) is 18.3. The molecule has 2 amide bonds. The van der Waals surface area contributed by atoms with Crippen LogP contribution in [0.25, 0.3) is 10.9 Å². The molecular formula is C25H22N4O4S. The van der Waals surface area contributed by atoms with E-state index in [1.54, 1.807) is 66.9 Å². The van der Waals surface area contributed by atoms with E-state index in [1.807, 2.05) is 12.1 Å². The number of benzene rings is 3. The molecule has 2 N–H and O–H groups in total. The third-order valence-electron chi connectivity index (χ3n) is 4.99. The number of fused-ring (bicyclic) bond motifs is 1. The first-order valence-electron chi connectivity index (χ1n) is 10.4. The minimum atomic E-state index is -4.07. The predicted molar refractivity (Wildman–Crippen MR) is 132 cm³/mol. The smallest absolute Gasteiger partial charge is 0.264 e. The molecule has 4 aromatic rings. The van der Waals surface area contributed by atoms with E-state index in [1.165, 1.54) is 19.1 Å². The lowest BCUT2D eigenvalue weighted by Crippen LogP contribution is -2.38. The molecule has 172 valence electrons. The quantitative estimate of drug-likeness (QED) is 0.420. The highest BCUT2D eigenvalue weighted by molar-refractivity contribution is 7.92. The van der Waals surface area contributed by atoms with Crippen molar-refractivity contribution in [2.24, 2.45) is 0 Å². The van der Waals surface area contributed by atoms with Gasteiger partial charge in [0.05, 0.1) is 16.1 Å². The van der Waals surface area contributed by atoms with Crippen molar-refractivity contribution < 1.29 is 18.0 Å². The van der Waals surface area contributed by atoms with Gasteiger partial charge in [-0.05, 0) is 48.5 Å². The Morgan fingerprint density at radius 3 is 2.15 bits per heavy atom. The van der Waals surface area contributed by atoms with E-state index in [4.69, 9.17) is 0 Å². The van der Waals surface area contributed by atoms with Crippen LogP contribution in [0.1, 0.15) is 6.92 Å². The molecule has 4 rings (SSSR count). The molecule has 0 fully saturated rings.